The number of anilines is 1. The molecule has 3 aromatic rings. The number of aromatic nitrogens is 1. The van der Waals surface area contributed by atoms with Crippen molar-refractivity contribution in [1.82, 2.24) is 9.27 Å². The molecule has 2 fully saturated rings. The first kappa shape index (κ1) is 23.3. The van der Waals surface area contributed by atoms with Gasteiger partial charge in [0.15, 0.2) is 9.84 Å². The van der Waals surface area contributed by atoms with Crippen molar-refractivity contribution in [3.8, 4) is 0 Å². The monoisotopic (exact) mass is 507 g/mol. The van der Waals surface area contributed by atoms with Crippen LogP contribution in [0.25, 0.3) is 0 Å². The molecule has 0 amide bonds. The van der Waals surface area contributed by atoms with Gasteiger partial charge in [-0.3, -0.25) is 4.90 Å². The van der Waals surface area contributed by atoms with Gasteiger partial charge in [-0.25, -0.2) is 21.6 Å². The van der Waals surface area contributed by atoms with E-state index in [2.05, 4.69) is 14.6 Å². The zero-order chi connectivity index (χ0) is 23.9. The third kappa shape index (κ3) is 4.58. The van der Waals surface area contributed by atoms with Gasteiger partial charge in [0.25, 0.3) is 0 Å². The van der Waals surface area contributed by atoms with E-state index in [1.54, 1.807) is 11.4 Å². The van der Waals surface area contributed by atoms with Crippen molar-refractivity contribution in [2.45, 2.75) is 61.5 Å². The topological polar surface area (TPSA) is 62.3 Å². The molecule has 2 bridgehead atoms. The second-order valence-corrected chi connectivity index (χ2v) is 11.5. The average molecular weight is 508 g/mol. The van der Waals surface area contributed by atoms with Gasteiger partial charge in [0.2, 0.25) is 0 Å². The Morgan fingerprint density at radius 3 is 2.29 bits per heavy atom. The Hall–Kier alpha value is -2.43. The lowest BCUT2D eigenvalue weighted by molar-refractivity contribution is 0.243. The van der Waals surface area contributed by atoms with Crippen molar-refractivity contribution < 1.29 is 21.6 Å². The number of sulfone groups is 1. The van der Waals surface area contributed by atoms with E-state index in [0.29, 0.717) is 24.2 Å². The summed E-state index contributed by atoms with van der Waals surface area (Å²) in [5.74, 6) is -3.37. The standard InChI is InChI=1S/C24H24F3N3O2S2/c25-21-3-1-2-15(13-30-18-4-5-19(30)7-6-18)20(21)12-28-17-10-22(26)24(23(27)11-17)34(31,32)14-16-8-9-33-29-16/h1-3,8-11,18-19,28H,4-7,12-14H2. The zero-order valence-electron chi connectivity index (χ0n) is 18.3. The van der Waals surface area contributed by atoms with Gasteiger partial charge >= 0.3 is 0 Å². The van der Waals surface area contributed by atoms with Crippen molar-refractivity contribution in [3.05, 3.63) is 76.1 Å². The maximum absolute atomic E-state index is 14.7. The fourth-order valence-electron chi connectivity index (χ4n) is 5.15. The molecule has 2 aliphatic rings. The molecule has 2 aromatic carbocycles. The number of halogens is 3. The van der Waals surface area contributed by atoms with Crippen molar-refractivity contribution in [3.63, 3.8) is 0 Å². The maximum Gasteiger partial charge on any atom is 0.189 e. The fraction of sp³-hybridized carbons (Fsp3) is 0.375. The largest absolute Gasteiger partial charge is 0.381 e. The lowest BCUT2D eigenvalue weighted by Crippen LogP contribution is -2.28. The molecule has 0 aliphatic carbocycles. The summed E-state index contributed by atoms with van der Waals surface area (Å²) in [6.07, 6.45) is 4.68. The van der Waals surface area contributed by atoms with Crippen molar-refractivity contribution in [2.24, 2.45) is 0 Å². The smallest absolute Gasteiger partial charge is 0.189 e. The van der Waals surface area contributed by atoms with Crippen LogP contribution in [0.3, 0.4) is 0 Å². The van der Waals surface area contributed by atoms with E-state index in [4.69, 9.17) is 0 Å². The summed E-state index contributed by atoms with van der Waals surface area (Å²) in [5, 5.41) is 4.46. The molecular weight excluding hydrogens is 483 g/mol. The molecular formula is C24H24F3N3O2S2. The Balaban J connectivity index is 1.34. The molecule has 0 saturated carbocycles. The molecule has 3 heterocycles. The normalized spacial score (nSPS) is 20.2. The zero-order valence-corrected chi connectivity index (χ0v) is 19.9. The summed E-state index contributed by atoms with van der Waals surface area (Å²) < 4.78 is 73.2. The van der Waals surface area contributed by atoms with Crippen LogP contribution in [0.1, 0.15) is 42.5 Å². The lowest BCUT2D eigenvalue weighted by atomic mass is 10.0. The number of hydrogen-bond donors (Lipinski definition) is 1. The van der Waals surface area contributed by atoms with Gasteiger partial charge < -0.3 is 5.32 Å². The first-order chi connectivity index (χ1) is 16.3. The molecule has 1 aromatic heterocycles. The van der Waals surface area contributed by atoms with Crippen LogP contribution in [0.4, 0.5) is 18.9 Å². The van der Waals surface area contributed by atoms with E-state index in [1.807, 2.05) is 6.07 Å². The number of fused-ring (bicyclic) bond motifs is 2. The van der Waals surface area contributed by atoms with E-state index in [-0.39, 0.29) is 23.7 Å². The molecule has 5 rings (SSSR count). The molecule has 2 saturated heterocycles. The third-order valence-corrected chi connectivity index (χ3v) is 9.07. The van der Waals surface area contributed by atoms with Crippen LogP contribution in [-0.4, -0.2) is 29.8 Å². The molecule has 34 heavy (non-hydrogen) atoms. The summed E-state index contributed by atoms with van der Waals surface area (Å²) in [6, 6.07) is 9.35. The summed E-state index contributed by atoms with van der Waals surface area (Å²) in [7, 11) is -4.26. The third-order valence-electron chi connectivity index (χ3n) is 6.78. The van der Waals surface area contributed by atoms with Gasteiger partial charge in [0, 0.05) is 41.8 Å². The quantitative estimate of drug-likeness (QED) is 0.450. The SMILES string of the molecule is O=S(=O)(Cc1ccsn1)c1c(F)cc(NCc2c(F)cccc2CN2C3CCC2CC3)cc1F. The van der Waals surface area contributed by atoms with Crippen LogP contribution in [-0.2, 0) is 28.7 Å². The number of hydrogen-bond acceptors (Lipinski definition) is 6. The summed E-state index contributed by atoms with van der Waals surface area (Å²) in [6.45, 7) is 0.662. The average Bonchev–Trinajstić information content (AvgIpc) is 3.51. The highest BCUT2D eigenvalue weighted by Crippen LogP contribution is 2.39. The van der Waals surface area contributed by atoms with Crippen LogP contribution >= 0.6 is 11.5 Å². The van der Waals surface area contributed by atoms with E-state index in [9.17, 15) is 21.6 Å². The van der Waals surface area contributed by atoms with Crippen LogP contribution in [0, 0.1) is 17.5 Å². The molecule has 5 nitrogen and oxygen atoms in total. The molecule has 0 atom stereocenters. The number of nitrogens with zero attached hydrogens (tertiary/aromatic N) is 2. The predicted molar refractivity (Wildman–Crippen MR) is 125 cm³/mol. The highest BCUT2D eigenvalue weighted by molar-refractivity contribution is 7.90. The van der Waals surface area contributed by atoms with Crippen LogP contribution in [0.5, 0.6) is 0 Å². The first-order valence-electron chi connectivity index (χ1n) is 11.2. The minimum atomic E-state index is -4.26. The second kappa shape index (κ2) is 9.31. The van der Waals surface area contributed by atoms with E-state index in [0.717, 1.165) is 29.2 Å². The van der Waals surface area contributed by atoms with Gasteiger partial charge in [-0.2, -0.15) is 4.37 Å². The van der Waals surface area contributed by atoms with Gasteiger partial charge in [0.1, 0.15) is 22.3 Å². The van der Waals surface area contributed by atoms with Crippen LogP contribution in [0.15, 0.2) is 46.7 Å². The minimum Gasteiger partial charge on any atom is -0.381 e. The Kier molecular flexibility index (Phi) is 6.39. The molecule has 1 N–H and O–H groups in total. The molecule has 0 radical (unpaired) electrons. The Morgan fingerprint density at radius 1 is 1.00 bits per heavy atom. The Labute approximate surface area is 200 Å². The predicted octanol–water partition coefficient (Wildman–Crippen LogP) is 5.27. The van der Waals surface area contributed by atoms with Crippen LogP contribution in [0.2, 0.25) is 0 Å². The van der Waals surface area contributed by atoms with Crippen molar-refractivity contribution in [1.29, 1.82) is 0 Å². The van der Waals surface area contributed by atoms with E-state index >= 15 is 0 Å². The van der Waals surface area contributed by atoms with E-state index < -0.39 is 32.1 Å². The van der Waals surface area contributed by atoms with Crippen molar-refractivity contribution >= 4 is 27.1 Å². The Morgan fingerprint density at radius 2 is 1.68 bits per heavy atom. The highest BCUT2D eigenvalue weighted by atomic mass is 32.2. The molecule has 2 aliphatic heterocycles. The summed E-state index contributed by atoms with van der Waals surface area (Å²) in [5.41, 5.74) is 1.55. The van der Waals surface area contributed by atoms with Gasteiger partial charge in [-0.1, -0.05) is 12.1 Å². The summed E-state index contributed by atoms with van der Waals surface area (Å²) in [4.78, 5) is 1.45. The minimum absolute atomic E-state index is 0.0228. The molecule has 10 heteroatoms. The molecule has 0 unspecified atom stereocenters. The van der Waals surface area contributed by atoms with Crippen LogP contribution < -0.4 is 5.32 Å². The first-order valence-corrected chi connectivity index (χ1v) is 13.7. The Bertz CT molecular complexity index is 1260. The van der Waals surface area contributed by atoms with Gasteiger partial charge in [-0.15, -0.1) is 0 Å². The number of benzene rings is 2. The molecule has 180 valence electrons. The molecule has 0 spiro atoms. The highest BCUT2D eigenvalue weighted by Gasteiger charge is 2.39. The lowest BCUT2D eigenvalue weighted by Gasteiger charge is -2.23. The van der Waals surface area contributed by atoms with Crippen molar-refractivity contribution in [2.75, 3.05) is 5.32 Å². The van der Waals surface area contributed by atoms with Gasteiger partial charge in [-0.05, 0) is 67.0 Å². The maximum atomic E-state index is 14.7. The van der Waals surface area contributed by atoms with Gasteiger partial charge in [0.05, 0.1) is 11.4 Å². The fourth-order valence-corrected chi connectivity index (χ4v) is 7.18. The van der Waals surface area contributed by atoms with E-state index in [1.165, 1.54) is 37.8 Å². The summed E-state index contributed by atoms with van der Waals surface area (Å²) >= 11 is 1.06. The number of nitrogens with one attached hydrogen (secondary N) is 1. The second-order valence-electron chi connectivity index (χ2n) is 8.88. The number of rotatable bonds is 8.